The second-order valence-corrected chi connectivity index (χ2v) is 8.50. The van der Waals surface area contributed by atoms with E-state index in [1.54, 1.807) is 36.0 Å². The number of hydrogen-bond donors (Lipinski definition) is 3. The number of nitrogens with zero attached hydrogens (tertiary/aromatic N) is 4. The van der Waals surface area contributed by atoms with E-state index in [-0.39, 0.29) is 35.7 Å². The van der Waals surface area contributed by atoms with Crippen LogP contribution < -0.4 is 21.5 Å². The number of halogens is 2. The van der Waals surface area contributed by atoms with Crippen LogP contribution in [0.25, 0.3) is 5.65 Å². The van der Waals surface area contributed by atoms with Gasteiger partial charge in [-0.05, 0) is 31.4 Å². The first-order chi connectivity index (χ1) is 16.4. The lowest BCUT2D eigenvalue weighted by Gasteiger charge is -2.36. The van der Waals surface area contributed by atoms with Crippen molar-refractivity contribution in [3.8, 4) is 0 Å². The lowest BCUT2D eigenvalue weighted by atomic mass is 9.88. The molecule has 12 heteroatoms. The van der Waals surface area contributed by atoms with Gasteiger partial charge in [0.1, 0.15) is 22.9 Å². The van der Waals surface area contributed by atoms with Crippen LogP contribution in [0.4, 0.5) is 26.1 Å². The standard InChI is InChI=1S/C22H25F2N7O3/c1-25-18-11-17(27-15-3-2-8-30(21(15)33)13-5-9-34-10-6-13)29-19-14(12-26-31(18)19)20(32)28-16-4-7-22(16,23)24/h2-3,8,11-13,16,25H,4-7,9-10H2,1H3,(H,27,29)(H,28,32)/t16-/m1/s1. The summed E-state index contributed by atoms with van der Waals surface area (Å²) >= 11 is 0. The summed E-state index contributed by atoms with van der Waals surface area (Å²) in [6, 6.07) is 3.94. The second-order valence-electron chi connectivity index (χ2n) is 8.50. The van der Waals surface area contributed by atoms with E-state index < -0.39 is 17.9 Å². The Morgan fingerprint density at radius 1 is 1.26 bits per heavy atom. The number of pyridine rings is 1. The maximum Gasteiger partial charge on any atom is 0.274 e. The molecule has 2 fully saturated rings. The molecule has 0 radical (unpaired) electrons. The Labute approximate surface area is 193 Å². The molecular weight excluding hydrogens is 448 g/mol. The number of aromatic nitrogens is 4. The number of ether oxygens (including phenoxy) is 1. The number of nitrogens with one attached hydrogen (secondary N) is 3. The van der Waals surface area contributed by atoms with Crippen molar-refractivity contribution in [2.75, 3.05) is 30.9 Å². The molecule has 2 aliphatic rings. The van der Waals surface area contributed by atoms with Gasteiger partial charge in [-0.3, -0.25) is 9.59 Å². The monoisotopic (exact) mass is 473 g/mol. The molecule has 0 spiro atoms. The molecule has 5 rings (SSSR count). The van der Waals surface area contributed by atoms with Crippen LogP contribution in [0.15, 0.2) is 35.4 Å². The highest BCUT2D eigenvalue weighted by Gasteiger charge is 2.49. The molecule has 1 saturated heterocycles. The molecule has 0 aromatic carbocycles. The zero-order valence-corrected chi connectivity index (χ0v) is 18.6. The molecule has 180 valence electrons. The van der Waals surface area contributed by atoms with E-state index in [0.717, 1.165) is 12.8 Å². The predicted octanol–water partition coefficient (Wildman–Crippen LogP) is 2.56. The fraction of sp³-hybridized carbons (Fsp3) is 0.455. The Bertz CT molecular complexity index is 1280. The number of fused-ring (bicyclic) bond motifs is 1. The van der Waals surface area contributed by atoms with Crippen molar-refractivity contribution in [3.63, 3.8) is 0 Å². The first-order valence-electron chi connectivity index (χ1n) is 11.2. The Kier molecular flexibility index (Phi) is 5.68. The van der Waals surface area contributed by atoms with Gasteiger partial charge in [-0.1, -0.05) is 0 Å². The van der Waals surface area contributed by atoms with Crippen molar-refractivity contribution in [1.29, 1.82) is 0 Å². The SMILES string of the molecule is CNc1cc(Nc2cccn(C3CCOCC3)c2=O)nc2c(C(=O)N[C@@H]3CCC3(F)F)cnn12. The van der Waals surface area contributed by atoms with Crippen LogP contribution >= 0.6 is 0 Å². The van der Waals surface area contributed by atoms with E-state index >= 15 is 0 Å². The zero-order valence-electron chi connectivity index (χ0n) is 18.6. The number of rotatable bonds is 6. The first-order valence-corrected chi connectivity index (χ1v) is 11.2. The van der Waals surface area contributed by atoms with Crippen LogP contribution in [0.5, 0.6) is 0 Å². The van der Waals surface area contributed by atoms with Gasteiger partial charge in [-0.25, -0.2) is 13.8 Å². The summed E-state index contributed by atoms with van der Waals surface area (Å²) in [6.45, 7) is 1.22. The number of amides is 1. The van der Waals surface area contributed by atoms with E-state index in [9.17, 15) is 18.4 Å². The van der Waals surface area contributed by atoms with Gasteiger partial charge in [0.15, 0.2) is 5.65 Å². The Hall–Kier alpha value is -3.54. The van der Waals surface area contributed by atoms with Crippen molar-refractivity contribution in [2.24, 2.45) is 0 Å². The molecular formula is C22H25F2N7O3. The first kappa shape index (κ1) is 22.3. The smallest absolute Gasteiger partial charge is 0.274 e. The maximum absolute atomic E-state index is 13.6. The summed E-state index contributed by atoms with van der Waals surface area (Å²) in [7, 11) is 1.68. The number of alkyl halides is 2. The third kappa shape index (κ3) is 3.98. The number of hydrogen-bond acceptors (Lipinski definition) is 7. The van der Waals surface area contributed by atoms with Crippen molar-refractivity contribution in [2.45, 2.75) is 43.7 Å². The van der Waals surface area contributed by atoms with Crippen molar-refractivity contribution in [3.05, 3.63) is 46.5 Å². The second kappa shape index (κ2) is 8.67. The molecule has 3 N–H and O–H groups in total. The average molecular weight is 473 g/mol. The molecule has 1 atom stereocenters. The van der Waals surface area contributed by atoms with Gasteiger partial charge in [0.25, 0.3) is 17.4 Å². The minimum atomic E-state index is -2.91. The van der Waals surface area contributed by atoms with E-state index in [2.05, 4.69) is 26.0 Å². The Balaban J connectivity index is 1.46. The molecule has 3 aromatic rings. The molecule has 1 saturated carbocycles. The maximum atomic E-state index is 13.6. The molecule has 10 nitrogen and oxygen atoms in total. The van der Waals surface area contributed by atoms with Crippen molar-refractivity contribution < 1.29 is 18.3 Å². The van der Waals surface area contributed by atoms with Crippen LogP contribution in [0, 0.1) is 0 Å². The van der Waals surface area contributed by atoms with Gasteiger partial charge in [0, 0.05) is 45.0 Å². The Morgan fingerprint density at radius 2 is 2.06 bits per heavy atom. The van der Waals surface area contributed by atoms with E-state index in [4.69, 9.17) is 4.74 Å². The lowest BCUT2D eigenvalue weighted by molar-refractivity contribution is -0.102. The molecule has 0 bridgehead atoms. The van der Waals surface area contributed by atoms with E-state index in [0.29, 0.717) is 30.5 Å². The summed E-state index contributed by atoms with van der Waals surface area (Å²) in [4.78, 5) is 30.3. The van der Waals surface area contributed by atoms with Gasteiger partial charge in [-0.15, -0.1) is 0 Å². The third-order valence-corrected chi connectivity index (χ3v) is 6.38. The molecule has 3 aromatic heterocycles. The average Bonchev–Trinajstić information content (AvgIpc) is 3.27. The van der Waals surface area contributed by atoms with E-state index in [1.807, 2.05) is 0 Å². The van der Waals surface area contributed by atoms with Gasteiger partial charge in [0.2, 0.25) is 0 Å². The predicted molar refractivity (Wildman–Crippen MR) is 121 cm³/mol. The van der Waals surface area contributed by atoms with Crippen LogP contribution in [-0.2, 0) is 4.74 Å². The minimum absolute atomic E-state index is 0.0565. The quantitative estimate of drug-likeness (QED) is 0.504. The van der Waals surface area contributed by atoms with E-state index in [1.165, 1.54) is 10.7 Å². The highest BCUT2D eigenvalue weighted by molar-refractivity contribution is 6.00. The van der Waals surface area contributed by atoms with Gasteiger partial charge in [0.05, 0.1) is 12.2 Å². The summed E-state index contributed by atoms with van der Waals surface area (Å²) in [6.07, 6.45) is 4.53. The van der Waals surface area contributed by atoms with Crippen LogP contribution in [0.2, 0.25) is 0 Å². The normalized spacial score (nSPS) is 20.0. The minimum Gasteiger partial charge on any atom is -0.381 e. The van der Waals surface area contributed by atoms with Crippen molar-refractivity contribution >= 4 is 28.9 Å². The summed E-state index contributed by atoms with van der Waals surface area (Å²) in [5.74, 6) is -2.77. The Morgan fingerprint density at radius 3 is 2.74 bits per heavy atom. The van der Waals surface area contributed by atoms with Gasteiger partial charge >= 0.3 is 0 Å². The topological polar surface area (TPSA) is 115 Å². The fourth-order valence-corrected chi connectivity index (χ4v) is 4.28. The third-order valence-electron chi connectivity index (χ3n) is 6.38. The number of carbonyl (C=O) groups is 1. The summed E-state index contributed by atoms with van der Waals surface area (Å²) in [5.41, 5.74) is 0.374. The summed E-state index contributed by atoms with van der Waals surface area (Å²) in [5, 5.41) is 12.6. The highest BCUT2D eigenvalue weighted by atomic mass is 19.3. The largest absolute Gasteiger partial charge is 0.381 e. The van der Waals surface area contributed by atoms with Gasteiger partial charge < -0.3 is 25.3 Å². The zero-order chi connectivity index (χ0) is 23.9. The number of carbonyl (C=O) groups excluding carboxylic acids is 1. The fourth-order valence-electron chi connectivity index (χ4n) is 4.28. The van der Waals surface area contributed by atoms with Crippen molar-refractivity contribution in [1.82, 2.24) is 24.5 Å². The molecule has 1 aliphatic carbocycles. The molecule has 34 heavy (non-hydrogen) atoms. The molecule has 1 aliphatic heterocycles. The van der Waals surface area contributed by atoms with Gasteiger partial charge in [-0.2, -0.15) is 9.61 Å². The van der Waals surface area contributed by atoms with Crippen LogP contribution in [0.3, 0.4) is 0 Å². The van der Waals surface area contributed by atoms with Crippen LogP contribution in [0.1, 0.15) is 42.1 Å². The molecule has 4 heterocycles. The lowest BCUT2D eigenvalue weighted by Crippen LogP contribution is -2.55. The summed E-state index contributed by atoms with van der Waals surface area (Å²) < 4.78 is 35.8. The van der Waals surface area contributed by atoms with Crippen LogP contribution in [-0.4, -0.2) is 57.3 Å². The molecule has 1 amide bonds. The number of anilines is 3. The highest BCUT2D eigenvalue weighted by Crippen LogP contribution is 2.37. The molecule has 0 unspecified atom stereocenters.